The second kappa shape index (κ2) is 4.23. The average molecular weight is 192 g/mol. The number of aromatic nitrogens is 1. The summed E-state index contributed by atoms with van der Waals surface area (Å²) in [7, 11) is 0. The summed E-state index contributed by atoms with van der Waals surface area (Å²) < 4.78 is 4.70. The molecule has 1 aromatic rings. The molecule has 14 heavy (non-hydrogen) atoms. The fourth-order valence-corrected chi connectivity index (χ4v) is 0.942. The van der Waals surface area contributed by atoms with Crippen molar-refractivity contribution < 1.29 is 9.53 Å². The number of rotatable bonds is 2. The normalized spacial score (nSPS) is 9.14. The molecule has 0 bridgehead atoms. The van der Waals surface area contributed by atoms with Crippen molar-refractivity contribution in [2.45, 2.75) is 6.92 Å². The van der Waals surface area contributed by atoms with Gasteiger partial charge in [-0.15, -0.1) is 0 Å². The first-order chi connectivity index (χ1) is 6.69. The van der Waals surface area contributed by atoms with E-state index in [1.165, 1.54) is 12.1 Å². The number of nitrogens with one attached hydrogen (secondary N) is 1. The molecule has 1 aromatic heterocycles. The lowest BCUT2D eigenvalue weighted by Crippen LogP contribution is -2.13. The van der Waals surface area contributed by atoms with E-state index in [4.69, 9.17) is 10.00 Å². The molecule has 0 saturated carbocycles. The highest BCUT2D eigenvalue weighted by molar-refractivity contribution is 5.91. The topological polar surface area (TPSA) is 83.0 Å². The molecule has 0 fully saturated rings. The quantitative estimate of drug-likeness (QED) is 0.688. The van der Waals surface area contributed by atoms with Gasteiger partial charge in [0, 0.05) is 6.07 Å². The third kappa shape index (κ3) is 1.98. The van der Waals surface area contributed by atoms with Gasteiger partial charge in [0.2, 0.25) is 5.56 Å². The van der Waals surface area contributed by atoms with Gasteiger partial charge >= 0.3 is 5.97 Å². The molecular formula is C9H8N2O3. The number of ether oxygens (including phenoxy) is 1. The number of hydrogen-bond donors (Lipinski definition) is 1. The third-order valence-electron chi connectivity index (χ3n) is 1.53. The zero-order valence-corrected chi connectivity index (χ0v) is 7.53. The molecule has 0 aromatic carbocycles. The summed E-state index contributed by atoms with van der Waals surface area (Å²) in [6.45, 7) is 1.89. The van der Waals surface area contributed by atoms with E-state index in [2.05, 4.69) is 4.98 Å². The Kier molecular flexibility index (Phi) is 3.02. The largest absolute Gasteiger partial charge is 0.462 e. The predicted octanol–water partition coefficient (Wildman–Crippen LogP) is 0.423. The molecule has 0 atom stereocenters. The maximum Gasteiger partial charge on any atom is 0.341 e. The van der Waals surface area contributed by atoms with Crippen LogP contribution in [0.3, 0.4) is 0 Å². The Labute approximate surface area is 79.9 Å². The minimum Gasteiger partial charge on any atom is -0.462 e. The van der Waals surface area contributed by atoms with Crippen LogP contribution in [0, 0.1) is 11.3 Å². The summed E-state index contributed by atoms with van der Waals surface area (Å²) >= 11 is 0. The maximum atomic E-state index is 11.2. The van der Waals surface area contributed by atoms with Crippen LogP contribution in [0.4, 0.5) is 0 Å². The number of H-pyrrole nitrogens is 1. The minimum atomic E-state index is -0.611. The van der Waals surface area contributed by atoms with E-state index in [-0.39, 0.29) is 17.9 Å². The molecule has 0 saturated heterocycles. The van der Waals surface area contributed by atoms with E-state index in [1.807, 2.05) is 0 Å². The van der Waals surface area contributed by atoms with Crippen LogP contribution in [-0.2, 0) is 4.74 Å². The van der Waals surface area contributed by atoms with Crippen molar-refractivity contribution in [2.75, 3.05) is 6.61 Å². The summed E-state index contributed by atoms with van der Waals surface area (Å²) in [6.07, 6.45) is 0. The summed E-state index contributed by atoms with van der Waals surface area (Å²) in [4.78, 5) is 24.3. The first kappa shape index (κ1) is 9.99. The van der Waals surface area contributed by atoms with Crippen LogP contribution in [0.1, 0.15) is 23.0 Å². The Morgan fingerprint density at radius 3 is 2.93 bits per heavy atom. The van der Waals surface area contributed by atoms with Crippen LogP contribution < -0.4 is 5.56 Å². The zero-order valence-electron chi connectivity index (χ0n) is 7.53. The van der Waals surface area contributed by atoms with Crippen molar-refractivity contribution in [3.8, 4) is 6.07 Å². The van der Waals surface area contributed by atoms with E-state index in [0.717, 1.165) is 0 Å². The Balaban J connectivity index is 3.16. The van der Waals surface area contributed by atoms with E-state index in [0.29, 0.717) is 0 Å². The van der Waals surface area contributed by atoms with Crippen LogP contribution in [0.25, 0.3) is 0 Å². The molecule has 5 heteroatoms. The smallest absolute Gasteiger partial charge is 0.341 e. The zero-order chi connectivity index (χ0) is 10.6. The van der Waals surface area contributed by atoms with E-state index in [9.17, 15) is 9.59 Å². The number of esters is 1. The van der Waals surface area contributed by atoms with Crippen LogP contribution >= 0.6 is 0 Å². The van der Waals surface area contributed by atoms with Crippen molar-refractivity contribution in [3.05, 3.63) is 33.7 Å². The molecular weight excluding hydrogens is 184 g/mol. The molecule has 1 heterocycles. The van der Waals surface area contributed by atoms with Gasteiger partial charge in [0.05, 0.1) is 12.2 Å². The Bertz CT molecular complexity index is 442. The van der Waals surface area contributed by atoms with Crippen molar-refractivity contribution in [3.63, 3.8) is 0 Å². The number of hydrogen-bond acceptors (Lipinski definition) is 4. The van der Waals surface area contributed by atoms with Crippen molar-refractivity contribution in [2.24, 2.45) is 0 Å². The summed E-state index contributed by atoms with van der Waals surface area (Å²) in [5.74, 6) is -0.611. The number of nitriles is 1. The van der Waals surface area contributed by atoms with Gasteiger partial charge in [0.25, 0.3) is 0 Å². The number of nitrogens with zero attached hydrogens (tertiary/aromatic N) is 1. The Morgan fingerprint density at radius 1 is 1.64 bits per heavy atom. The molecule has 1 N–H and O–H groups in total. The van der Waals surface area contributed by atoms with Gasteiger partial charge in [-0.2, -0.15) is 5.26 Å². The molecule has 5 nitrogen and oxygen atoms in total. The summed E-state index contributed by atoms with van der Waals surface area (Å²) in [5, 5.41) is 8.63. The van der Waals surface area contributed by atoms with Crippen molar-refractivity contribution in [1.82, 2.24) is 4.98 Å². The lowest BCUT2D eigenvalue weighted by Gasteiger charge is -2.01. The number of carbonyl (C=O) groups is 1. The van der Waals surface area contributed by atoms with Gasteiger partial charge in [0.15, 0.2) is 0 Å². The Hall–Kier alpha value is -2.09. The molecule has 0 amide bonds. The second-order valence-corrected chi connectivity index (χ2v) is 2.44. The standard InChI is InChI=1S/C9H8N2O3/c1-2-14-9(13)6-3-4-8(12)11-7(6)5-10/h3-4H,2H2,1H3,(H,11,12). The first-order valence-corrected chi connectivity index (χ1v) is 3.99. The predicted molar refractivity (Wildman–Crippen MR) is 47.7 cm³/mol. The van der Waals surface area contributed by atoms with E-state index < -0.39 is 11.5 Å². The first-order valence-electron chi connectivity index (χ1n) is 3.99. The van der Waals surface area contributed by atoms with Crippen molar-refractivity contribution >= 4 is 5.97 Å². The SMILES string of the molecule is CCOC(=O)c1ccc(=O)[nH]c1C#N. The number of aromatic amines is 1. The van der Waals surface area contributed by atoms with Gasteiger partial charge in [0.1, 0.15) is 11.8 Å². The molecule has 1 rings (SSSR count). The van der Waals surface area contributed by atoms with Crippen LogP contribution in [-0.4, -0.2) is 17.6 Å². The molecule has 0 aliphatic carbocycles. The highest BCUT2D eigenvalue weighted by atomic mass is 16.5. The average Bonchev–Trinajstić information content (AvgIpc) is 2.17. The van der Waals surface area contributed by atoms with Gasteiger partial charge < -0.3 is 9.72 Å². The summed E-state index contributed by atoms with van der Waals surface area (Å²) in [5.41, 5.74) is -0.417. The van der Waals surface area contributed by atoms with Crippen LogP contribution in [0.5, 0.6) is 0 Å². The van der Waals surface area contributed by atoms with Gasteiger partial charge in [-0.25, -0.2) is 4.79 Å². The third-order valence-corrected chi connectivity index (χ3v) is 1.53. The maximum absolute atomic E-state index is 11.2. The fraction of sp³-hybridized carbons (Fsp3) is 0.222. The van der Waals surface area contributed by atoms with Crippen LogP contribution in [0.15, 0.2) is 16.9 Å². The highest BCUT2D eigenvalue weighted by Gasteiger charge is 2.12. The molecule has 0 aliphatic rings. The monoisotopic (exact) mass is 192 g/mol. The van der Waals surface area contributed by atoms with Gasteiger partial charge in [-0.1, -0.05) is 0 Å². The lowest BCUT2D eigenvalue weighted by molar-refractivity contribution is 0.0525. The summed E-state index contributed by atoms with van der Waals surface area (Å²) in [6, 6.07) is 4.17. The molecule has 72 valence electrons. The lowest BCUT2D eigenvalue weighted by atomic mass is 10.2. The Morgan fingerprint density at radius 2 is 2.36 bits per heavy atom. The second-order valence-electron chi connectivity index (χ2n) is 2.44. The number of carbonyl (C=O) groups excluding carboxylic acids is 1. The highest BCUT2D eigenvalue weighted by Crippen LogP contribution is 2.03. The molecule has 0 radical (unpaired) electrons. The van der Waals surface area contributed by atoms with E-state index in [1.54, 1.807) is 13.0 Å². The molecule has 0 unspecified atom stereocenters. The minimum absolute atomic E-state index is 0.0732. The van der Waals surface area contributed by atoms with Gasteiger partial charge in [-0.3, -0.25) is 4.79 Å². The number of pyridine rings is 1. The fourth-order valence-electron chi connectivity index (χ4n) is 0.942. The van der Waals surface area contributed by atoms with Crippen LogP contribution in [0.2, 0.25) is 0 Å². The van der Waals surface area contributed by atoms with Crippen molar-refractivity contribution in [1.29, 1.82) is 5.26 Å². The van der Waals surface area contributed by atoms with Gasteiger partial charge in [-0.05, 0) is 13.0 Å². The van der Waals surface area contributed by atoms with E-state index >= 15 is 0 Å². The molecule has 0 spiro atoms. The molecule has 0 aliphatic heterocycles.